The van der Waals surface area contributed by atoms with Crippen molar-refractivity contribution in [1.29, 1.82) is 0 Å². The van der Waals surface area contributed by atoms with Gasteiger partial charge in [0.2, 0.25) is 0 Å². The predicted octanol–water partition coefficient (Wildman–Crippen LogP) is 2.14. The lowest BCUT2D eigenvalue weighted by atomic mass is 9.95. The van der Waals surface area contributed by atoms with E-state index < -0.39 is 9.84 Å². The number of hydrogen-bond acceptors (Lipinski definition) is 6. The van der Waals surface area contributed by atoms with Gasteiger partial charge in [-0.2, -0.15) is 5.10 Å². The molecule has 1 aliphatic heterocycles. The Morgan fingerprint density at radius 2 is 2.16 bits per heavy atom. The molecule has 9 heteroatoms. The van der Waals surface area contributed by atoms with Gasteiger partial charge in [-0.15, -0.1) is 11.3 Å². The first-order valence-electron chi connectivity index (χ1n) is 8.47. The minimum Gasteiger partial charge on any atom is -0.296 e. The van der Waals surface area contributed by atoms with Gasteiger partial charge in [0, 0.05) is 16.6 Å². The number of sulfone groups is 1. The SMILES string of the molecule is Cc1csc(NC(=O)c2nn([C@H]3CCS(=O)(=O)C3)c3c2CCCC3)n1. The molecule has 25 heavy (non-hydrogen) atoms. The fourth-order valence-electron chi connectivity index (χ4n) is 3.65. The second-order valence-corrected chi connectivity index (χ2v) is 9.82. The van der Waals surface area contributed by atoms with Crippen molar-refractivity contribution in [2.75, 3.05) is 16.8 Å². The van der Waals surface area contributed by atoms with Crippen LogP contribution in [0.3, 0.4) is 0 Å². The van der Waals surface area contributed by atoms with Gasteiger partial charge in [-0.25, -0.2) is 13.4 Å². The Morgan fingerprint density at radius 3 is 2.84 bits per heavy atom. The van der Waals surface area contributed by atoms with Crippen LogP contribution < -0.4 is 5.32 Å². The average Bonchev–Trinajstić information content (AvgIpc) is 3.24. The number of nitrogens with one attached hydrogen (secondary N) is 1. The quantitative estimate of drug-likeness (QED) is 0.880. The van der Waals surface area contributed by atoms with Gasteiger partial charge < -0.3 is 0 Å². The molecule has 2 aromatic rings. The summed E-state index contributed by atoms with van der Waals surface area (Å²) in [7, 11) is -3.00. The molecule has 2 aliphatic rings. The topological polar surface area (TPSA) is 94.0 Å². The number of aromatic nitrogens is 3. The summed E-state index contributed by atoms with van der Waals surface area (Å²) in [5.74, 6) is 0.0622. The normalized spacial score (nSPS) is 21.9. The lowest BCUT2D eigenvalue weighted by molar-refractivity contribution is 0.102. The van der Waals surface area contributed by atoms with Crippen LogP contribution in [-0.2, 0) is 22.7 Å². The van der Waals surface area contributed by atoms with Crippen molar-refractivity contribution in [3.8, 4) is 0 Å². The van der Waals surface area contributed by atoms with Gasteiger partial charge in [-0.1, -0.05) is 0 Å². The van der Waals surface area contributed by atoms with E-state index in [1.54, 1.807) is 0 Å². The zero-order valence-electron chi connectivity index (χ0n) is 14.0. The first-order valence-corrected chi connectivity index (χ1v) is 11.2. The summed E-state index contributed by atoms with van der Waals surface area (Å²) < 4.78 is 25.5. The van der Waals surface area contributed by atoms with E-state index in [-0.39, 0.29) is 23.5 Å². The summed E-state index contributed by atoms with van der Waals surface area (Å²) >= 11 is 1.38. The molecule has 2 aromatic heterocycles. The minimum absolute atomic E-state index is 0.119. The Bertz CT molecular complexity index is 929. The highest BCUT2D eigenvalue weighted by Crippen LogP contribution is 2.31. The van der Waals surface area contributed by atoms with E-state index in [4.69, 9.17) is 0 Å². The molecule has 1 saturated heterocycles. The predicted molar refractivity (Wildman–Crippen MR) is 96.0 cm³/mol. The van der Waals surface area contributed by atoms with Crippen LogP contribution in [-0.4, -0.2) is 40.6 Å². The first-order chi connectivity index (χ1) is 11.9. The molecule has 0 aromatic carbocycles. The molecule has 7 nitrogen and oxygen atoms in total. The molecule has 0 bridgehead atoms. The zero-order valence-corrected chi connectivity index (χ0v) is 15.6. The number of nitrogens with zero attached hydrogens (tertiary/aromatic N) is 3. The van der Waals surface area contributed by atoms with E-state index in [0.717, 1.165) is 42.6 Å². The second kappa shape index (κ2) is 6.21. The van der Waals surface area contributed by atoms with Crippen LogP contribution in [0.4, 0.5) is 5.13 Å². The number of amides is 1. The highest BCUT2D eigenvalue weighted by molar-refractivity contribution is 7.91. The second-order valence-electron chi connectivity index (χ2n) is 6.73. The van der Waals surface area contributed by atoms with Crippen LogP contribution in [0.5, 0.6) is 0 Å². The van der Waals surface area contributed by atoms with E-state index >= 15 is 0 Å². The molecule has 0 radical (unpaired) electrons. The van der Waals surface area contributed by atoms with Crippen molar-refractivity contribution in [2.24, 2.45) is 0 Å². The molecule has 1 fully saturated rings. The molecule has 1 aliphatic carbocycles. The van der Waals surface area contributed by atoms with Gasteiger partial charge >= 0.3 is 0 Å². The molecule has 3 heterocycles. The van der Waals surface area contributed by atoms with Gasteiger partial charge in [0.05, 0.1) is 23.2 Å². The molecule has 0 spiro atoms. The Kier molecular flexibility index (Phi) is 4.15. The Labute approximate surface area is 150 Å². The number of hydrogen-bond donors (Lipinski definition) is 1. The van der Waals surface area contributed by atoms with Crippen LogP contribution in [0.15, 0.2) is 5.38 Å². The van der Waals surface area contributed by atoms with E-state index in [1.165, 1.54) is 11.3 Å². The van der Waals surface area contributed by atoms with Gasteiger partial charge in [-0.05, 0) is 39.0 Å². The fraction of sp³-hybridized carbons (Fsp3) is 0.562. The molecule has 1 amide bonds. The minimum atomic E-state index is -3.00. The Balaban J connectivity index is 1.67. The van der Waals surface area contributed by atoms with Gasteiger partial charge in [0.1, 0.15) is 0 Å². The van der Waals surface area contributed by atoms with Crippen LogP contribution in [0.1, 0.15) is 52.7 Å². The zero-order chi connectivity index (χ0) is 17.6. The summed E-state index contributed by atoms with van der Waals surface area (Å²) in [6, 6.07) is -0.152. The number of carbonyl (C=O) groups is 1. The molecule has 0 unspecified atom stereocenters. The molecular weight excluding hydrogens is 360 g/mol. The molecule has 1 atom stereocenters. The number of carbonyl (C=O) groups excluding carboxylic acids is 1. The maximum atomic E-state index is 12.7. The molecular formula is C16H20N4O3S2. The van der Waals surface area contributed by atoms with Gasteiger partial charge in [-0.3, -0.25) is 14.8 Å². The van der Waals surface area contributed by atoms with Crippen molar-refractivity contribution in [1.82, 2.24) is 14.8 Å². The van der Waals surface area contributed by atoms with Crippen LogP contribution in [0, 0.1) is 6.92 Å². The summed E-state index contributed by atoms with van der Waals surface area (Å²) in [6.45, 7) is 1.88. The Morgan fingerprint density at radius 1 is 1.36 bits per heavy atom. The summed E-state index contributed by atoms with van der Waals surface area (Å²) in [5.41, 5.74) is 3.30. The maximum Gasteiger partial charge on any atom is 0.278 e. The third-order valence-electron chi connectivity index (χ3n) is 4.82. The largest absolute Gasteiger partial charge is 0.296 e. The van der Waals surface area contributed by atoms with Crippen LogP contribution in [0.25, 0.3) is 0 Å². The number of thiazole rings is 1. The van der Waals surface area contributed by atoms with E-state index in [1.807, 2.05) is 17.0 Å². The molecule has 134 valence electrons. The average molecular weight is 380 g/mol. The smallest absolute Gasteiger partial charge is 0.278 e. The fourth-order valence-corrected chi connectivity index (χ4v) is 6.02. The van der Waals surface area contributed by atoms with Crippen molar-refractivity contribution in [3.63, 3.8) is 0 Å². The summed E-state index contributed by atoms with van der Waals surface area (Å²) in [5, 5.41) is 9.83. The van der Waals surface area contributed by atoms with Crippen LogP contribution in [0.2, 0.25) is 0 Å². The molecule has 1 N–H and O–H groups in total. The van der Waals surface area contributed by atoms with E-state index in [2.05, 4.69) is 15.4 Å². The molecule has 4 rings (SSSR count). The third-order valence-corrected chi connectivity index (χ3v) is 7.44. The van der Waals surface area contributed by atoms with Gasteiger partial charge in [0.15, 0.2) is 20.7 Å². The number of anilines is 1. The van der Waals surface area contributed by atoms with E-state index in [9.17, 15) is 13.2 Å². The number of aryl methyl sites for hydroxylation is 1. The third kappa shape index (κ3) is 3.22. The number of rotatable bonds is 3. The summed E-state index contributed by atoms with van der Waals surface area (Å²) in [6.07, 6.45) is 4.31. The van der Waals surface area contributed by atoms with Gasteiger partial charge in [0.25, 0.3) is 5.91 Å². The lowest BCUT2D eigenvalue weighted by Gasteiger charge is -2.17. The first kappa shape index (κ1) is 16.7. The highest BCUT2D eigenvalue weighted by atomic mass is 32.2. The van der Waals surface area contributed by atoms with Crippen molar-refractivity contribution in [3.05, 3.63) is 28.0 Å². The van der Waals surface area contributed by atoms with Crippen molar-refractivity contribution in [2.45, 2.75) is 45.1 Å². The molecule has 0 saturated carbocycles. The summed E-state index contributed by atoms with van der Waals surface area (Å²) in [4.78, 5) is 17.0. The van der Waals surface area contributed by atoms with Crippen LogP contribution >= 0.6 is 11.3 Å². The maximum absolute atomic E-state index is 12.7. The van der Waals surface area contributed by atoms with Crippen molar-refractivity contribution >= 4 is 32.2 Å². The van der Waals surface area contributed by atoms with E-state index in [0.29, 0.717) is 17.2 Å². The number of fused-ring (bicyclic) bond motifs is 1. The van der Waals surface area contributed by atoms with Crippen molar-refractivity contribution < 1.29 is 13.2 Å². The lowest BCUT2D eigenvalue weighted by Crippen LogP contribution is -2.17. The standard InChI is InChI=1S/C16H20N4O3S2/c1-10-8-24-16(17-10)18-15(21)14-12-4-2-3-5-13(12)20(19-14)11-6-7-25(22,23)9-11/h8,11H,2-7,9H2,1H3,(H,17,18,21)/t11-/m0/s1. The monoisotopic (exact) mass is 380 g/mol. The Hall–Kier alpha value is -1.74. The highest BCUT2D eigenvalue weighted by Gasteiger charge is 2.34.